The summed E-state index contributed by atoms with van der Waals surface area (Å²) in [6.45, 7) is 0.374. The molecule has 1 aliphatic carbocycles. The lowest BCUT2D eigenvalue weighted by molar-refractivity contribution is -0.119. The van der Waals surface area contributed by atoms with Gasteiger partial charge in [-0.1, -0.05) is 6.07 Å². The van der Waals surface area contributed by atoms with Gasteiger partial charge in [0.1, 0.15) is 5.69 Å². The van der Waals surface area contributed by atoms with Gasteiger partial charge in [-0.05, 0) is 55.5 Å². The zero-order chi connectivity index (χ0) is 22.6. The summed E-state index contributed by atoms with van der Waals surface area (Å²) < 4.78 is 17.0. The van der Waals surface area contributed by atoms with Crippen LogP contribution in [0.4, 0.5) is 5.69 Å². The van der Waals surface area contributed by atoms with Crippen molar-refractivity contribution in [1.29, 1.82) is 0 Å². The van der Waals surface area contributed by atoms with E-state index in [4.69, 9.17) is 14.2 Å². The molecule has 2 N–H and O–H groups in total. The molecule has 4 rings (SSSR count). The summed E-state index contributed by atoms with van der Waals surface area (Å²) in [6.07, 6.45) is 6.47. The third-order valence-electron chi connectivity index (χ3n) is 6.23. The summed E-state index contributed by atoms with van der Waals surface area (Å²) in [5, 5.41) is 5.77. The topological polar surface area (TPSA) is 98.8 Å². The van der Waals surface area contributed by atoms with Crippen LogP contribution >= 0.6 is 0 Å². The van der Waals surface area contributed by atoms with Crippen LogP contribution in [0.15, 0.2) is 36.5 Å². The highest BCUT2D eigenvalue weighted by Crippen LogP contribution is 2.41. The zero-order valence-electron chi connectivity index (χ0n) is 18.5. The first kappa shape index (κ1) is 21.9. The van der Waals surface area contributed by atoms with Crippen LogP contribution in [0.25, 0.3) is 0 Å². The Morgan fingerprint density at radius 1 is 1.19 bits per heavy atom. The molecule has 1 saturated carbocycles. The maximum atomic E-state index is 13.0. The fraction of sp³-hybridized carbons (Fsp3) is 0.458. The molecule has 32 heavy (non-hydrogen) atoms. The molecule has 8 nitrogen and oxygen atoms in total. The van der Waals surface area contributed by atoms with E-state index in [1.807, 2.05) is 18.2 Å². The number of anilines is 1. The Balaban J connectivity index is 1.60. The Kier molecular flexibility index (Phi) is 6.48. The number of amides is 2. The molecule has 1 atom stereocenters. The maximum absolute atomic E-state index is 13.0. The van der Waals surface area contributed by atoms with Crippen molar-refractivity contribution in [3.63, 3.8) is 0 Å². The number of nitrogens with zero attached hydrogens (tertiary/aromatic N) is 1. The molecule has 0 spiro atoms. The van der Waals surface area contributed by atoms with E-state index in [9.17, 15) is 9.59 Å². The van der Waals surface area contributed by atoms with Gasteiger partial charge in [0, 0.05) is 31.0 Å². The monoisotopic (exact) mass is 439 g/mol. The number of ether oxygens (including phenoxy) is 3. The molecule has 2 heterocycles. The predicted molar refractivity (Wildman–Crippen MR) is 119 cm³/mol. The van der Waals surface area contributed by atoms with E-state index in [1.165, 1.54) is 7.11 Å². The van der Waals surface area contributed by atoms with Gasteiger partial charge in [0.2, 0.25) is 17.7 Å². The molecule has 170 valence electrons. The number of pyridine rings is 1. The first-order valence-corrected chi connectivity index (χ1v) is 10.9. The quantitative estimate of drug-likeness (QED) is 0.655. The smallest absolute Gasteiger partial charge is 0.237 e. The minimum absolute atomic E-state index is 0.0779. The van der Waals surface area contributed by atoms with Gasteiger partial charge in [-0.2, -0.15) is 0 Å². The summed E-state index contributed by atoms with van der Waals surface area (Å²) in [4.78, 5) is 29.4. The number of carbonyl (C=O) groups is 2. The molecular formula is C24H29N3O5. The summed E-state index contributed by atoms with van der Waals surface area (Å²) in [6, 6.07) is 9.15. The average Bonchev–Trinajstić information content (AvgIpc) is 3.44. The van der Waals surface area contributed by atoms with E-state index in [0.29, 0.717) is 29.6 Å². The lowest BCUT2D eigenvalue weighted by Gasteiger charge is -2.28. The lowest BCUT2D eigenvalue weighted by Crippen LogP contribution is -2.34. The number of hydrogen-bond acceptors (Lipinski definition) is 6. The molecular weight excluding hydrogens is 410 g/mol. The Morgan fingerprint density at radius 3 is 2.69 bits per heavy atom. The van der Waals surface area contributed by atoms with Crippen molar-refractivity contribution in [3.8, 4) is 17.4 Å². The van der Waals surface area contributed by atoms with Gasteiger partial charge in [-0.25, -0.2) is 4.98 Å². The zero-order valence-corrected chi connectivity index (χ0v) is 18.5. The Bertz CT molecular complexity index is 989. The van der Waals surface area contributed by atoms with Gasteiger partial charge in [-0.3, -0.25) is 9.59 Å². The minimum Gasteiger partial charge on any atom is -0.493 e. The normalized spacial score (nSPS) is 20.6. The molecule has 1 aromatic carbocycles. The second-order valence-corrected chi connectivity index (χ2v) is 8.41. The third kappa shape index (κ3) is 4.64. The van der Waals surface area contributed by atoms with Crippen LogP contribution in [-0.4, -0.2) is 43.7 Å². The average molecular weight is 440 g/mol. The van der Waals surface area contributed by atoms with Crippen molar-refractivity contribution in [2.45, 2.75) is 50.0 Å². The van der Waals surface area contributed by atoms with Gasteiger partial charge in [0.25, 0.3) is 0 Å². The van der Waals surface area contributed by atoms with E-state index in [0.717, 1.165) is 31.2 Å². The number of hydrogen-bond donors (Lipinski definition) is 2. The van der Waals surface area contributed by atoms with Crippen LogP contribution in [-0.2, 0) is 15.0 Å². The molecule has 0 bridgehead atoms. The Labute approximate surface area is 187 Å². The van der Waals surface area contributed by atoms with Gasteiger partial charge in [0.15, 0.2) is 11.5 Å². The second kappa shape index (κ2) is 9.46. The van der Waals surface area contributed by atoms with E-state index in [1.54, 1.807) is 25.4 Å². The molecule has 2 amide bonds. The number of methoxy groups -OCH3 is 2. The summed E-state index contributed by atoms with van der Waals surface area (Å²) in [7, 11) is 3.12. The standard InChI is InChI=1S/C24H29N3O5/c1-30-19-10-9-16(12-20(19)32-17-6-3-4-7-17)24(13-21(28)26-15-24)14-22(29)27-18-8-5-11-25-23(18)31-2/h5,8-12,17H,3-4,6-7,13-15H2,1-2H3,(H,26,28)(H,27,29). The van der Waals surface area contributed by atoms with Crippen molar-refractivity contribution >= 4 is 17.5 Å². The number of rotatable bonds is 8. The van der Waals surface area contributed by atoms with Crippen LogP contribution in [0.1, 0.15) is 44.1 Å². The Hall–Kier alpha value is -3.29. The molecule has 1 unspecified atom stereocenters. The van der Waals surface area contributed by atoms with Crippen LogP contribution < -0.4 is 24.8 Å². The van der Waals surface area contributed by atoms with Gasteiger partial charge in [-0.15, -0.1) is 0 Å². The van der Waals surface area contributed by atoms with Crippen molar-refractivity contribution in [1.82, 2.24) is 10.3 Å². The first-order valence-electron chi connectivity index (χ1n) is 10.9. The number of nitrogens with one attached hydrogen (secondary N) is 2. The van der Waals surface area contributed by atoms with E-state index < -0.39 is 5.41 Å². The van der Waals surface area contributed by atoms with Crippen LogP contribution in [0.5, 0.6) is 17.4 Å². The van der Waals surface area contributed by atoms with Crippen molar-refractivity contribution in [3.05, 3.63) is 42.1 Å². The number of aromatic nitrogens is 1. The summed E-state index contributed by atoms with van der Waals surface area (Å²) >= 11 is 0. The van der Waals surface area contributed by atoms with Gasteiger partial charge in [0.05, 0.1) is 20.3 Å². The highest BCUT2D eigenvalue weighted by atomic mass is 16.5. The van der Waals surface area contributed by atoms with Crippen molar-refractivity contribution in [2.24, 2.45) is 0 Å². The highest BCUT2D eigenvalue weighted by molar-refractivity contribution is 5.94. The first-order chi connectivity index (χ1) is 15.5. The molecule has 2 aliphatic rings. The van der Waals surface area contributed by atoms with Gasteiger partial charge < -0.3 is 24.8 Å². The largest absolute Gasteiger partial charge is 0.493 e. The number of carbonyl (C=O) groups excluding carboxylic acids is 2. The maximum Gasteiger partial charge on any atom is 0.237 e. The van der Waals surface area contributed by atoms with Gasteiger partial charge >= 0.3 is 0 Å². The summed E-state index contributed by atoms with van der Waals surface area (Å²) in [5.74, 6) is 1.35. The second-order valence-electron chi connectivity index (χ2n) is 8.41. The highest BCUT2D eigenvalue weighted by Gasteiger charge is 2.42. The van der Waals surface area contributed by atoms with Crippen LogP contribution in [0.2, 0.25) is 0 Å². The van der Waals surface area contributed by atoms with Crippen molar-refractivity contribution in [2.75, 3.05) is 26.1 Å². The van der Waals surface area contributed by atoms with Crippen LogP contribution in [0.3, 0.4) is 0 Å². The molecule has 1 aliphatic heterocycles. The molecule has 0 radical (unpaired) electrons. The van der Waals surface area contributed by atoms with Crippen molar-refractivity contribution < 1.29 is 23.8 Å². The fourth-order valence-electron chi connectivity index (χ4n) is 4.57. The molecule has 8 heteroatoms. The third-order valence-corrected chi connectivity index (χ3v) is 6.23. The number of benzene rings is 1. The van der Waals surface area contributed by atoms with E-state index in [-0.39, 0.29) is 30.8 Å². The molecule has 2 aromatic rings. The predicted octanol–water partition coefficient (Wildman–Crippen LogP) is 3.21. The SMILES string of the molecule is COc1ccc(C2(CC(=O)Nc3cccnc3OC)CNC(=O)C2)cc1OC1CCCC1. The molecule has 1 aromatic heterocycles. The lowest BCUT2D eigenvalue weighted by atomic mass is 9.76. The molecule has 2 fully saturated rings. The fourth-order valence-corrected chi connectivity index (χ4v) is 4.57. The summed E-state index contributed by atoms with van der Waals surface area (Å²) in [5.41, 5.74) is 0.682. The Morgan fingerprint density at radius 2 is 2.00 bits per heavy atom. The minimum atomic E-state index is -0.684. The van der Waals surface area contributed by atoms with E-state index >= 15 is 0 Å². The molecule has 1 saturated heterocycles. The van der Waals surface area contributed by atoms with Crippen LogP contribution in [0, 0.1) is 0 Å². The van der Waals surface area contributed by atoms with E-state index in [2.05, 4.69) is 15.6 Å².